The van der Waals surface area contributed by atoms with Gasteiger partial charge in [0.2, 0.25) is 5.91 Å². The Morgan fingerprint density at radius 1 is 1.12 bits per heavy atom. The molecule has 4 rings (SSSR count). The molecular weight excluding hydrogens is 411 g/mol. The van der Waals surface area contributed by atoms with Crippen LogP contribution in [0.2, 0.25) is 0 Å². The summed E-state index contributed by atoms with van der Waals surface area (Å²) < 4.78 is 16.1. The first kappa shape index (κ1) is 21.4. The number of benzene rings is 2. The van der Waals surface area contributed by atoms with Crippen LogP contribution < -0.4 is 10.9 Å². The van der Waals surface area contributed by atoms with Crippen LogP contribution in [0.1, 0.15) is 24.5 Å². The van der Waals surface area contributed by atoms with Crippen molar-refractivity contribution in [2.45, 2.75) is 38.9 Å². The molecule has 0 saturated carbocycles. The molecule has 8 nitrogen and oxygen atoms in total. The standard InChI is InChI=1S/C23H23FN6O2/c1-16(10-11-17-6-3-2-4-7-17)26-20(31)14-29-15-25-22-21(23(29)32)27-28-30(22)13-18-8-5-9-19(24)12-18/h2-9,12,15-16H,10-11,13-14H2,1H3,(H,26,31)/t16-/m0/s1. The highest BCUT2D eigenvalue weighted by molar-refractivity contribution is 5.76. The fraction of sp³-hybridized carbons (Fsp3) is 0.261. The van der Waals surface area contributed by atoms with Crippen molar-refractivity contribution in [3.8, 4) is 0 Å². The van der Waals surface area contributed by atoms with Gasteiger partial charge in [0.05, 0.1) is 6.54 Å². The Bertz CT molecular complexity index is 1280. The minimum Gasteiger partial charge on any atom is -0.352 e. The Labute approximate surface area is 183 Å². The van der Waals surface area contributed by atoms with Crippen LogP contribution in [-0.4, -0.2) is 36.5 Å². The van der Waals surface area contributed by atoms with Crippen LogP contribution in [0.25, 0.3) is 11.2 Å². The van der Waals surface area contributed by atoms with Gasteiger partial charge in [0, 0.05) is 6.04 Å². The quantitative estimate of drug-likeness (QED) is 0.459. The number of nitrogens with one attached hydrogen (secondary N) is 1. The van der Waals surface area contributed by atoms with Crippen molar-refractivity contribution >= 4 is 17.1 Å². The second-order valence-electron chi connectivity index (χ2n) is 7.72. The summed E-state index contributed by atoms with van der Waals surface area (Å²) in [6.07, 6.45) is 2.95. The normalized spacial score (nSPS) is 12.1. The van der Waals surface area contributed by atoms with Gasteiger partial charge in [-0.05, 0) is 43.0 Å². The van der Waals surface area contributed by atoms with Gasteiger partial charge < -0.3 is 5.32 Å². The number of nitrogens with zero attached hydrogens (tertiary/aromatic N) is 5. The zero-order chi connectivity index (χ0) is 22.5. The van der Waals surface area contributed by atoms with Crippen molar-refractivity contribution in [3.63, 3.8) is 0 Å². The van der Waals surface area contributed by atoms with E-state index in [-0.39, 0.29) is 42.0 Å². The summed E-state index contributed by atoms with van der Waals surface area (Å²) in [6, 6.07) is 16.1. The average molecular weight is 434 g/mol. The fourth-order valence-corrected chi connectivity index (χ4v) is 3.49. The van der Waals surface area contributed by atoms with E-state index in [2.05, 4.69) is 32.7 Å². The predicted molar refractivity (Wildman–Crippen MR) is 117 cm³/mol. The Morgan fingerprint density at radius 2 is 1.91 bits per heavy atom. The number of aryl methyl sites for hydroxylation is 1. The minimum absolute atomic E-state index is 0.0396. The molecule has 0 bridgehead atoms. The third kappa shape index (κ3) is 5.05. The zero-order valence-electron chi connectivity index (χ0n) is 17.6. The molecule has 2 aromatic carbocycles. The van der Waals surface area contributed by atoms with Crippen molar-refractivity contribution in [3.05, 3.63) is 88.2 Å². The van der Waals surface area contributed by atoms with E-state index >= 15 is 0 Å². The number of fused-ring (bicyclic) bond motifs is 1. The number of hydrogen-bond donors (Lipinski definition) is 1. The maximum absolute atomic E-state index is 13.4. The summed E-state index contributed by atoms with van der Waals surface area (Å²) in [5.41, 5.74) is 1.78. The number of amides is 1. The minimum atomic E-state index is -0.451. The topological polar surface area (TPSA) is 94.7 Å². The first-order chi connectivity index (χ1) is 15.5. The lowest BCUT2D eigenvalue weighted by molar-refractivity contribution is -0.122. The molecule has 4 aromatic rings. The van der Waals surface area contributed by atoms with Gasteiger partial charge in [-0.15, -0.1) is 5.10 Å². The number of rotatable bonds is 8. The smallest absolute Gasteiger partial charge is 0.283 e. The van der Waals surface area contributed by atoms with Crippen LogP contribution in [0.4, 0.5) is 4.39 Å². The van der Waals surface area contributed by atoms with Crippen LogP contribution >= 0.6 is 0 Å². The van der Waals surface area contributed by atoms with Gasteiger partial charge in [-0.2, -0.15) is 0 Å². The molecule has 0 saturated heterocycles. The van der Waals surface area contributed by atoms with Crippen LogP contribution in [0.15, 0.2) is 65.7 Å². The van der Waals surface area contributed by atoms with Gasteiger partial charge >= 0.3 is 0 Å². The van der Waals surface area contributed by atoms with Crippen LogP contribution in [-0.2, 0) is 24.3 Å². The second kappa shape index (κ2) is 9.51. The molecule has 1 amide bonds. The lowest BCUT2D eigenvalue weighted by Crippen LogP contribution is -2.37. The van der Waals surface area contributed by atoms with E-state index < -0.39 is 5.56 Å². The van der Waals surface area contributed by atoms with Crippen molar-refractivity contribution in [2.24, 2.45) is 0 Å². The Hall–Kier alpha value is -3.88. The first-order valence-corrected chi connectivity index (χ1v) is 10.4. The van der Waals surface area contributed by atoms with Gasteiger partial charge in [-0.25, -0.2) is 14.1 Å². The molecule has 2 heterocycles. The third-order valence-electron chi connectivity index (χ3n) is 5.14. The highest BCUT2D eigenvalue weighted by atomic mass is 19.1. The summed E-state index contributed by atoms with van der Waals surface area (Å²) in [6.45, 7) is 2.00. The molecule has 0 radical (unpaired) electrons. The summed E-state index contributed by atoms with van der Waals surface area (Å²) in [5.74, 6) is -0.632. The SMILES string of the molecule is C[C@@H](CCc1ccccc1)NC(=O)Cn1cnc2c(nnn2Cc2cccc(F)c2)c1=O. The van der Waals surface area contributed by atoms with Crippen molar-refractivity contribution < 1.29 is 9.18 Å². The molecule has 9 heteroatoms. The Morgan fingerprint density at radius 3 is 2.69 bits per heavy atom. The van der Waals surface area contributed by atoms with E-state index in [0.29, 0.717) is 5.56 Å². The first-order valence-electron chi connectivity index (χ1n) is 10.4. The molecule has 0 fully saturated rings. The van der Waals surface area contributed by atoms with Gasteiger partial charge in [0.25, 0.3) is 5.56 Å². The molecule has 32 heavy (non-hydrogen) atoms. The van der Waals surface area contributed by atoms with Crippen molar-refractivity contribution in [1.82, 2.24) is 29.9 Å². The third-order valence-corrected chi connectivity index (χ3v) is 5.14. The summed E-state index contributed by atoms with van der Waals surface area (Å²) >= 11 is 0. The maximum Gasteiger partial charge on any atom is 0.283 e. The van der Waals surface area contributed by atoms with Crippen LogP contribution in [0.5, 0.6) is 0 Å². The van der Waals surface area contributed by atoms with E-state index in [0.717, 1.165) is 12.8 Å². The summed E-state index contributed by atoms with van der Waals surface area (Å²) in [7, 11) is 0. The molecule has 0 aliphatic heterocycles. The molecular formula is C23H23FN6O2. The fourth-order valence-electron chi connectivity index (χ4n) is 3.49. The van der Waals surface area contributed by atoms with Gasteiger partial charge in [0.15, 0.2) is 11.2 Å². The Balaban J connectivity index is 1.40. The van der Waals surface area contributed by atoms with E-state index in [9.17, 15) is 14.0 Å². The maximum atomic E-state index is 13.4. The van der Waals surface area contributed by atoms with Gasteiger partial charge in [-0.3, -0.25) is 14.2 Å². The number of carbonyl (C=O) groups is 1. The second-order valence-corrected chi connectivity index (χ2v) is 7.72. The van der Waals surface area contributed by atoms with E-state index in [1.54, 1.807) is 12.1 Å². The number of hydrogen-bond acceptors (Lipinski definition) is 5. The highest BCUT2D eigenvalue weighted by Gasteiger charge is 2.15. The number of halogens is 1. The summed E-state index contributed by atoms with van der Waals surface area (Å²) in [4.78, 5) is 29.4. The van der Waals surface area contributed by atoms with E-state index in [1.807, 2.05) is 25.1 Å². The van der Waals surface area contributed by atoms with Crippen molar-refractivity contribution in [2.75, 3.05) is 0 Å². The molecule has 0 aliphatic rings. The largest absolute Gasteiger partial charge is 0.352 e. The molecule has 0 unspecified atom stereocenters. The number of carbonyl (C=O) groups excluding carboxylic acids is 1. The highest BCUT2D eigenvalue weighted by Crippen LogP contribution is 2.09. The van der Waals surface area contributed by atoms with Crippen molar-refractivity contribution in [1.29, 1.82) is 0 Å². The molecule has 1 N–H and O–H groups in total. The molecule has 2 aromatic heterocycles. The van der Waals surface area contributed by atoms with E-state index in [1.165, 1.54) is 33.3 Å². The average Bonchev–Trinajstić information content (AvgIpc) is 3.18. The van der Waals surface area contributed by atoms with Crippen LogP contribution in [0.3, 0.4) is 0 Å². The Kier molecular flexibility index (Phi) is 6.34. The predicted octanol–water partition coefficient (Wildman–Crippen LogP) is 2.31. The molecule has 0 spiro atoms. The zero-order valence-corrected chi connectivity index (χ0v) is 17.6. The molecule has 1 atom stereocenters. The monoisotopic (exact) mass is 434 g/mol. The lowest BCUT2D eigenvalue weighted by atomic mass is 10.1. The van der Waals surface area contributed by atoms with E-state index in [4.69, 9.17) is 0 Å². The van der Waals surface area contributed by atoms with Crippen LogP contribution in [0, 0.1) is 5.82 Å². The van der Waals surface area contributed by atoms with Gasteiger partial charge in [-0.1, -0.05) is 47.7 Å². The molecule has 164 valence electrons. The molecule has 0 aliphatic carbocycles. The number of aromatic nitrogens is 5. The lowest BCUT2D eigenvalue weighted by Gasteiger charge is -2.14. The van der Waals surface area contributed by atoms with Gasteiger partial charge in [0.1, 0.15) is 18.7 Å². The summed E-state index contributed by atoms with van der Waals surface area (Å²) in [5, 5.41) is 10.8.